The van der Waals surface area contributed by atoms with Crippen molar-refractivity contribution in [1.29, 1.82) is 0 Å². The first-order valence-electron chi connectivity index (χ1n) is 6.38. The van der Waals surface area contributed by atoms with Gasteiger partial charge in [0, 0.05) is 11.6 Å². The number of likely N-dealkylation sites (N-methyl/N-ethyl adjacent to an activating group) is 1. The molecule has 0 radical (unpaired) electrons. The van der Waals surface area contributed by atoms with Crippen molar-refractivity contribution in [3.63, 3.8) is 0 Å². The van der Waals surface area contributed by atoms with E-state index in [-0.39, 0.29) is 12.1 Å². The van der Waals surface area contributed by atoms with Gasteiger partial charge in [0.05, 0.1) is 19.3 Å². The molecule has 2 rings (SSSR count). The second kappa shape index (κ2) is 6.41. The van der Waals surface area contributed by atoms with E-state index < -0.39 is 0 Å². The molecule has 3 nitrogen and oxygen atoms in total. The van der Waals surface area contributed by atoms with E-state index in [0.717, 1.165) is 35.8 Å². The molecule has 1 aromatic carbocycles. The molecule has 1 aliphatic rings. The van der Waals surface area contributed by atoms with Gasteiger partial charge in [-0.2, -0.15) is 0 Å². The number of ether oxygens (including phenoxy) is 2. The maximum absolute atomic E-state index is 6.33. The predicted molar refractivity (Wildman–Crippen MR) is 73.4 cm³/mol. The van der Waals surface area contributed by atoms with E-state index in [4.69, 9.17) is 21.1 Å². The summed E-state index contributed by atoms with van der Waals surface area (Å²) in [7, 11) is 3.59. The highest BCUT2D eigenvalue weighted by Crippen LogP contribution is 2.32. The van der Waals surface area contributed by atoms with Gasteiger partial charge in [0.25, 0.3) is 0 Å². The minimum Gasteiger partial charge on any atom is -0.497 e. The number of rotatable bonds is 4. The van der Waals surface area contributed by atoms with E-state index in [9.17, 15) is 0 Å². The van der Waals surface area contributed by atoms with E-state index in [2.05, 4.69) is 5.32 Å². The zero-order chi connectivity index (χ0) is 13.0. The number of hydrogen-bond donors (Lipinski definition) is 1. The van der Waals surface area contributed by atoms with Gasteiger partial charge in [0.2, 0.25) is 0 Å². The molecule has 2 atom stereocenters. The van der Waals surface area contributed by atoms with E-state index in [1.54, 1.807) is 7.11 Å². The van der Waals surface area contributed by atoms with Crippen molar-refractivity contribution in [1.82, 2.24) is 5.32 Å². The Kier molecular flexibility index (Phi) is 4.87. The second-order valence-corrected chi connectivity index (χ2v) is 4.97. The van der Waals surface area contributed by atoms with Crippen LogP contribution in [0.25, 0.3) is 0 Å². The summed E-state index contributed by atoms with van der Waals surface area (Å²) in [4.78, 5) is 0. The summed E-state index contributed by atoms with van der Waals surface area (Å²) in [6.07, 6.45) is 3.66. The molecule has 1 heterocycles. The van der Waals surface area contributed by atoms with Crippen molar-refractivity contribution in [3.8, 4) is 5.75 Å². The molecule has 1 aromatic rings. The summed E-state index contributed by atoms with van der Waals surface area (Å²) in [5, 5.41) is 4.04. The molecule has 1 aliphatic heterocycles. The zero-order valence-corrected chi connectivity index (χ0v) is 11.7. The lowest BCUT2D eigenvalue weighted by molar-refractivity contribution is -0.00661. The quantitative estimate of drug-likeness (QED) is 0.911. The van der Waals surface area contributed by atoms with Crippen LogP contribution in [0.15, 0.2) is 18.2 Å². The normalized spacial score (nSPS) is 21.6. The van der Waals surface area contributed by atoms with Gasteiger partial charge >= 0.3 is 0 Å². The smallest absolute Gasteiger partial charge is 0.120 e. The third-order valence-corrected chi connectivity index (χ3v) is 3.77. The van der Waals surface area contributed by atoms with Gasteiger partial charge in [-0.25, -0.2) is 0 Å². The summed E-state index contributed by atoms with van der Waals surface area (Å²) in [5.74, 6) is 0.781. The van der Waals surface area contributed by atoms with Crippen LogP contribution in [0.1, 0.15) is 30.9 Å². The fourth-order valence-corrected chi connectivity index (χ4v) is 2.75. The molecule has 4 heteroatoms. The lowest BCUT2D eigenvalue weighted by atomic mass is 9.95. The molecule has 0 bridgehead atoms. The molecule has 0 spiro atoms. The molecule has 1 saturated heterocycles. The van der Waals surface area contributed by atoms with Crippen molar-refractivity contribution in [3.05, 3.63) is 28.8 Å². The molecule has 100 valence electrons. The maximum Gasteiger partial charge on any atom is 0.120 e. The molecule has 0 aromatic heterocycles. The summed E-state index contributed by atoms with van der Waals surface area (Å²) in [6, 6.07) is 5.95. The van der Waals surface area contributed by atoms with Gasteiger partial charge in [0.15, 0.2) is 0 Å². The van der Waals surface area contributed by atoms with Crippen LogP contribution in [-0.2, 0) is 4.74 Å². The Balaban J connectivity index is 2.20. The second-order valence-electron chi connectivity index (χ2n) is 4.56. The van der Waals surface area contributed by atoms with Crippen molar-refractivity contribution in [2.24, 2.45) is 0 Å². The summed E-state index contributed by atoms with van der Waals surface area (Å²) >= 11 is 6.33. The molecule has 0 aliphatic carbocycles. The standard InChI is InChI=1S/C14H20ClNO2/c1-16-14(13-5-3-4-8-18-13)11-7-6-10(17-2)9-12(11)15/h6-7,9,13-14,16H,3-5,8H2,1-2H3. The number of methoxy groups -OCH3 is 1. The monoisotopic (exact) mass is 269 g/mol. The van der Waals surface area contributed by atoms with E-state index in [1.807, 2.05) is 25.2 Å². The Hall–Kier alpha value is -0.770. The first kappa shape index (κ1) is 13.7. The summed E-state index contributed by atoms with van der Waals surface area (Å²) in [5.41, 5.74) is 1.08. The molecular formula is C14H20ClNO2. The largest absolute Gasteiger partial charge is 0.497 e. The Labute approximate surface area is 113 Å². The molecular weight excluding hydrogens is 250 g/mol. The highest BCUT2D eigenvalue weighted by molar-refractivity contribution is 6.31. The Bertz CT molecular complexity index is 391. The average molecular weight is 270 g/mol. The first-order chi connectivity index (χ1) is 8.76. The minimum atomic E-state index is 0.142. The van der Waals surface area contributed by atoms with Gasteiger partial charge in [-0.05, 0) is 44.0 Å². The molecule has 2 unspecified atom stereocenters. The fourth-order valence-electron chi connectivity index (χ4n) is 2.46. The molecule has 1 fully saturated rings. The van der Waals surface area contributed by atoms with Crippen LogP contribution < -0.4 is 10.1 Å². The zero-order valence-electron chi connectivity index (χ0n) is 10.9. The van der Waals surface area contributed by atoms with Crippen LogP contribution in [0.3, 0.4) is 0 Å². The van der Waals surface area contributed by atoms with Gasteiger partial charge in [-0.15, -0.1) is 0 Å². The van der Waals surface area contributed by atoms with Crippen LogP contribution in [-0.4, -0.2) is 26.9 Å². The van der Waals surface area contributed by atoms with Crippen molar-refractivity contribution >= 4 is 11.6 Å². The average Bonchev–Trinajstić information content (AvgIpc) is 2.42. The van der Waals surface area contributed by atoms with Gasteiger partial charge in [-0.1, -0.05) is 17.7 Å². The lowest BCUT2D eigenvalue weighted by Gasteiger charge is -2.31. The van der Waals surface area contributed by atoms with E-state index >= 15 is 0 Å². The van der Waals surface area contributed by atoms with Crippen molar-refractivity contribution < 1.29 is 9.47 Å². The Morgan fingerprint density at radius 1 is 1.44 bits per heavy atom. The van der Waals surface area contributed by atoms with Crippen LogP contribution in [0, 0.1) is 0 Å². The van der Waals surface area contributed by atoms with Gasteiger partial charge in [0.1, 0.15) is 5.75 Å². The highest BCUT2D eigenvalue weighted by Gasteiger charge is 2.26. The van der Waals surface area contributed by atoms with E-state index in [0.29, 0.717) is 0 Å². The topological polar surface area (TPSA) is 30.5 Å². The lowest BCUT2D eigenvalue weighted by Crippen LogP contribution is -2.34. The minimum absolute atomic E-state index is 0.142. The molecule has 0 amide bonds. The predicted octanol–water partition coefficient (Wildman–Crippen LogP) is 3.18. The van der Waals surface area contributed by atoms with E-state index in [1.165, 1.54) is 6.42 Å². The fraction of sp³-hybridized carbons (Fsp3) is 0.571. The first-order valence-corrected chi connectivity index (χ1v) is 6.76. The maximum atomic E-state index is 6.33. The number of hydrogen-bond acceptors (Lipinski definition) is 3. The third kappa shape index (κ3) is 2.97. The SMILES string of the molecule is CNC(c1ccc(OC)cc1Cl)C1CCCCO1. The Morgan fingerprint density at radius 3 is 2.83 bits per heavy atom. The highest BCUT2D eigenvalue weighted by atomic mass is 35.5. The van der Waals surface area contributed by atoms with Gasteiger partial charge < -0.3 is 14.8 Å². The molecule has 18 heavy (non-hydrogen) atoms. The van der Waals surface area contributed by atoms with Crippen molar-refractivity contribution in [2.45, 2.75) is 31.4 Å². The third-order valence-electron chi connectivity index (χ3n) is 3.44. The summed E-state index contributed by atoms with van der Waals surface area (Å²) < 4.78 is 11.0. The van der Waals surface area contributed by atoms with Gasteiger partial charge in [-0.3, -0.25) is 0 Å². The van der Waals surface area contributed by atoms with Crippen LogP contribution in [0.4, 0.5) is 0 Å². The summed E-state index contributed by atoms with van der Waals surface area (Å²) in [6.45, 7) is 0.844. The number of halogens is 1. The Morgan fingerprint density at radius 2 is 2.28 bits per heavy atom. The number of benzene rings is 1. The van der Waals surface area contributed by atoms with Crippen LogP contribution >= 0.6 is 11.6 Å². The number of nitrogens with one attached hydrogen (secondary N) is 1. The molecule has 0 saturated carbocycles. The van der Waals surface area contributed by atoms with Crippen LogP contribution in [0.2, 0.25) is 5.02 Å². The van der Waals surface area contributed by atoms with Crippen molar-refractivity contribution in [2.75, 3.05) is 20.8 Å². The van der Waals surface area contributed by atoms with Crippen LogP contribution in [0.5, 0.6) is 5.75 Å². The molecule has 1 N–H and O–H groups in total.